The molecule has 0 saturated heterocycles. The quantitative estimate of drug-likeness (QED) is 0.802. The Morgan fingerprint density at radius 1 is 1.29 bits per heavy atom. The molecule has 92 valence electrons. The number of nitrogens with two attached hydrogens (primary N) is 1. The monoisotopic (exact) mass is 250 g/mol. The molecule has 0 aromatic heterocycles. The Bertz CT molecular complexity index is 419. The highest BCUT2D eigenvalue weighted by molar-refractivity contribution is 6.31. The summed E-state index contributed by atoms with van der Waals surface area (Å²) in [5.74, 6) is 2.79. The summed E-state index contributed by atoms with van der Waals surface area (Å²) < 4.78 is 0. The van der Waals surface area contributed by atoms with E-state index in [0.29, 0.717) is 0 Å². The molecule has 1 aromatic carbocycles. The van der Waals surface area contributed by atoms with Gasteiger partial charge in [0.1, 0.15) is 0 Å². The number of hydrogen-bond donors (Lipinski definition) is 2. The largest absolute Gasteiger partial charge is 0.397 e. The highest BCUT2D eigenvalue weighted by Gasteiger charge is 2.39. The van der Waals surface area contributed by atoms with Crippen molar-refractivity contribution in [2.24, 2.45) is 17.8 Å². The molecule has 0 amide bonds. The van der Waals surface area contributed by atoms with Crippen LogP contribution in [0.4, 0.5) is 11.4 Å². The average Bonchev–Trinajstić information content (AvgIpc) is 2.92. The van der Waals surface area contributed by atoms with Crippen LogP contribution in [0.1, 0.15) is 25.7 Å². The van der Waals surface area contributed by atoms with Crippen LogP contribution in [0, 0.1) is 17.8 Å². The van der Waals surface area contributed by atoms with E-state index in [1.54, 1.807) is 0 Å². The van der Waals surface area contributed by atoms with Crippen LogP contribution < -0.4 is 11.1 Å². The maximum Gasteiger partial charge on any atom is 0.0588 e. The zero-order valence-corrected chi connectivity index (χ0v) is 10.7. The van der Waals surface area contributed by atoms with E-state index >= 15 is 0 Å². The first-order valence-corrected chi connectivity index (χ1v) is 6.89. The van der Waals surface area contributed by atoms with Gasteiger partial charge in [-0.15, -0.1) is 0 Å². The summed E-state index contributed by atoms with van der Waals surface area (Å²) in [4.78, 5) is 0. The normalized spacial score (nSPS) is 30.8. The number of fused-ring (bicyclic) bond motifs is 2. The fourth-order valence-corrected chi connectivity index (χ4v) is 3.72. The number of benzene rings is 1. The van der Waals surface area contributed by atoms with E-state index in [-0.39, 0.29) is 0 Å². The molecule has 17 heavy (non-hydrogen) atoms. The lowest BCUT2D eigenvalue weighted by Crippen LogP contribution is -2.20. The molecule has 3 heteroatoms. The molecule has 0 spiro atoms. The second-order valence-corrected chi connectivity index (χ2v) is 5.98. The molecular weight excluding hydrogens is 232 g/mol. The average molecular weight is 251 g/mol. The Morgan fingerprint density at radius 3 is 2.88 bits per heavy atom. The number of nitrogens with one attached hydrogen (secondary N) is 1. The lowest BCUT2D eigenvalue weighted by atomic mass is 9.89. The number of halogens is 1. The van der Waals surface area contributed by atoms with Crippen molar-refractivity contribution in [1.29, 1.82) is 0 Å². The third-order valence-corrected chi connectivity index (χ3v) is 4.69. The Hall–Kier alpha value is -0.890. The van der Waals surface area contributed by atoms with Gasteiger partial charge in [0, 0.05) is 11.6 Å². The van der Waals surface area contributed by atoms with E-state index in [4.69, 9.17) is 17.3 Å². The molecule has 3 N–H and O–H groups in total. The smallest absolute Gasteiger partial charge is 0.0588 e. The molecule has 2 saturated carbocycles. The van der Waals surface area contributed by atoms with Crippen LogP contribution in [0.25, 0.3) is 0 Å². The minimum atomic E-state index is 0.745. The fourth-order valence-electron chi connectivity index (χ4n) is 3.55. The molecule has 3 rings (SSSR count). The maximum absolute atomic E-state index is 5.98. The van der Waals surface area contributed by atoms with Crippen molar-refractivity contribution < 1.29 is 0 Å². The number of rotatable bonds is 3. The van der Waals surface area contributed by atoms with Gasteiger partial charge in [-0.3, -0.25) is 0 Å². The fraction of sp³-hybridized carbons (Fsp3) is 0.571. The van der Waals surface area contributed by atoms with Gasteiger partial charge in [0.25, 0.3) is 0 Å². The van der Waals surface area contributed by atoms with Crippen molar-refractivity contribution in [2.45, 2.75) is 25.7 Å². The van der Waals surface area contributed by atoms with Gasteiger partial charge in [-0.2, -0.15) is 0 Å². The summed E-state index contributed by atoms with van der Waals surface area (Å²) >= 11 is 5.98. The zero-order chi connectivity index (χ0) is 11.8. The Balaban J connectivity index is 1.62. The van der Waals surface area contributed by atoms with Crippen molar-refractivity contribution in [3.63, 3.8) is 0 Å². The summed E-state index contributed by atoms with van der Waals surface area (Å²) in [5, 5.41) is 4.22. The van der Waals surface area contributed by atoms with E-state index in [2.05, 4.69) is 5.32 Å². The molecule has 2 aliphatic rings. The van der Waals surface area contributed by atoms with Crippen LogP contribution in [-0.2, 0) is 0 Å². The van der Waals surface area contributed by atoms with Crippen LogP contribution in [0.15, 0.2) is 18.2 Å². The second kappa shape index (κ2) is 4.41. The van der Waals surface area contributed by atoms with E-state index < -0.39 is 0 Å². The predicted octanol–water partition coefficient (Wildman–Crippen LogP) is 3.77. The Kier molecular flexibility index (Phi) is 2.91. The van der Waals surface area contributed by atoms with Gasteiger partial charge in [0.15, 0.2) is 0 Å². The lowest BCUT2D eigenvalue weighted by molar-refractivity contribution is 0.348. The molecule has 3 unspecified atom stereocenters. The standard InChI is InChI=1S/C14H19ClN2/c15-12-3-4-13(16)14(7-12)17-8-11-6-9-1-2-10(11)5-9/h3-4,7,9-11,17H,1-2,5-6,8,16H2. The minimum absolute atomic E-state index is 0.745. The van der Waals surface area contributed by atoms with Gasteiger partial charge in [0.2, 0.25) is 0 Å². The van der Waals surface area contributed by atoms with Crippen LogP contribution in [0.2, 0.25) is 5.02 Å². The SMILES string of the molecule is Nc1ccc(Cl)cc1NCC1CC2CCC1C2. The number of hydrogen-bond acceptors (Lipinski definition) is 2. The first-order valence-electron chi connectivity index (χ1n) is 6.51. The molecule has 2 nitrogen and oxygen atoms in total. The third kappa shape index (κ3) is 2.23. The van der Waals surface area contributed by atoms with Crippen LogP contribution in [0.3, 0.4) is 0 Å². The molecule has 0 aliphatic heterocycles. The summed E-state index contributed by atoms with van der Waals surface area (Å²) in [7, 11) is 0. The Morgan fingerprint density at radius 2 is 2.18 bits per heavy atom. The van der Waals surface area contributed by atoms with Gasteiger partial charge in [-0.05, 0) is 55.2 Å². The first-order chi connectivity index (χ1) is 8.22. The van der Waals surface area contributed by atoms with Crippen LogP contribution in [0.5, 0.6) is 0 Å². The lowest BCUT2D eigenvalue weighted by Gasteiger charge is -2.22. The number of nitrogen functional groups attached to an aromatic ring is 1. The molecule has 2 aliphatic carbocycles. The van der Waals surface area contributed by atoms with Gasteiger partial charge in [-0.25, -0.2) is 0 Å². The van der Waals surface area contributed by atoms with Gasteiger partial charge < -0.3 is 11.1 Å². The predicted molar refractivity (Wildman–Crippen MR) is 73.3 cm³/mol. The highest BCUT2D eigenvalue weighted by Crippen LogP contribution is 2.48. The molecule has 3 atom stereocenters. The molecule has 0 radical (unpaired) electrons. The summed E-state index contributed by atoms with van der Waals surface area (Å²) in [5.41, 5.74) is 7.70. The second-order valence-electron chi connectivity index (χ2n) is 5.55. The van der Waals surface area contributed by atoms with Crippen molar-refractivity contribution in [2.75, 3.05) is 17.6 Å². The molecule has 2 fully saturated rings. The highest BCUT2D eigenvalue weighted by atomic mass is 35.5. The van der Waals surface area contributed by atoms with Gasteiger partial charge in [0.05, 0.1) is 11.4 Å². The topological polar surface area (TPSA) is 38.0 Å². The van der Waals surface area contributed by atoms with Crippen LogP contribution in [-0.4, -0.2) is 6.54 Å². The first kappa shape index (κ1) is 11.2. The summed E-state index contributed by atoms with van der Waals surface area (Å²) in [6, 6.07) is 5.62. The Labute approximate surface area is 108 Å². The molecule has 1 aromatic rings. The van der Waals surface area contributed by atoms with Crippen molar-refractivity contribution in [3.05, 3.63) is 23.2 Å². The number of anilines is 2. The van der Waals surface area contributed by atoms with E-state index in [0.717, 1.165) is 40.7 Å². The third-order valence-electron chi connectivity index (χ3n) is 4.45. The van der Waals surface area contributed by atoms with E-state index in [9.17, 15) is 0 Å². The van der Waals surface area contributed by atoms with Crippen LogP contribution >= 0.6 is 11.6 Å². The van der Waals surface area contributed by atoms with Gasteiger partial charge in [-0.1, -0.05) is 18.0 Å². The summed E-state index contributed by atoms with van der Waals surface area (Å²) in [6.45, 7) is 1.05. The van der Waals surface area contributed by atoms with E-state index in [1.165, 1.54) is 25.7 Å². The molecule has 2 bridgehead atoms. The zero-order valence-electron chi connectivity index (χ0n) is 9.95. The maximum atomic E-state index is 5.98. The molecule has 0 heterocycles. The van der Waals surface area contributed by atoms with Crippen molar-refractivity contribution in [3.8, 4) is 0 Å². The van der Waals surface area contributed by atoms with Crippen molar-refractivity contribution in [1.82, 2.24) is 0 Å². The van der Waals surface area contributed by atoms with E-state index in [1.807, 2.05) is 18.2 Å². The molecular formula is C14H19ClN2. The van der Waals surface area contributed by atoms with Crippen molar-refractivity contribution >= 4 is 23.0 Å². The summed E-state index contributed by atoms with van der Waals surface area (Å²) in [6.07, 6.45) is 5.75. The minimum Gasteiger partial charge on any atom is -0.397 e. The van der Waals surface area contributed by atoms with Gasteiger partial charge >= 0.3 is 0 Å².